The molecule has 2 aromatic rings. The molecule has 130 valence electrons. The van der Waals surface area contributed by atoms with Crippen LogP contribution in [0.1, 0.15) is 28.5 Å². The second-order valence-electron chi connectivity index (χ2n) is 5.89. The Morgan fingerprint density at radius 2 is 2.08 bits per heavy atom. The van der Waals surface area contributed by atoms with Crippen LogP contribution in [-0.2, 0) is 37.0 Å². The van der Waals surface area contributed by atoms with E-state index in [1.165, 1.54) is 0 Å². The monoisotopic (exact) mass is 350 g/mol. The topological polar surface area (TPSA) is 79.9 Å². The number of hydrogen-bond donors (Lipinski definition) is 0. The third-order valence-electron chi connectivity index (χ3n) is 4.34. The van der Waals surface area contributed by atoms with Gasteiger partial charge in [0.1, 0.15) is 11.9 Å². The summed E-state index contributed by atoms with van der Waals surface area (Å²) in [4.78, 5) is 6.36. The van der Waals surface area contributed by atoms with Crippen molar-refractivity contribution in [3.63, 3.8) is 0 Å². The highest BCUT2D eigenvalue weighted by Crippen LogP contribution is 2.31. The van der Waals surface area contributed by atoms with E-state index < -0.39 is 12.0 Å². The van der Waals surface area contributed by atoms with Gasteiger partial charge < -0.3 is 14.2 Å². The van der Waals surface area contributed by atoms with Gasteiger partial charge in [-0.05, 0) is 6.07 Å². The molecule has 0 atom stereocenters. The van der Waals surface area contributed by atoms with Gasteiger partial charge in [-0.25, -0.2) is 4.98 Å². The smallest absolute Gasteiger partial charge is 0.376 e. The largest absolute Gasteiger partial charge is 0.451 e. The van der Waals surface area contributed by atoms with Gasteiger partial charge in [-0.15, -0.1) is 10.2 Å². The Morgan fingerprint density at radius 1 is 1.24 bits per heavy atom. The lowest BCUT2D eigenvalue weighted by atomic mass is 10.1. The molecule has 10 heteroatoms. The summed E-state index contributed by atoms with van der Waals surface area (Å²) in [6, 6.07) is 3.86. The Balaban J connectivity index is 1.68. The van der Waals surface area contributed by atoms with Crippen LogP contribution in [-0.4, -0.2) is 32.9 Å². The maximum atomic E-state index is 12.9. The van der Waals surface area contributed by atoms with E-state index in [0.29, 0.717) is 37.6 Å². The minimum absolute atomic E-state index is 0.0872. The SMILES string of the molecule is N#Cc1cc2c(nc1N1CCn3c(nnc3C(F)(F)F)C1)CCOC2. The lowest BCUT2D eigenvalue weighted by molar-refractivity contribution is -0.147. The van der Waals surface area contributed by atoms with E-state index in [-0.39, 0.29) is 18.9 Å². The number of anilines is 1. The van der Waals surface area contributed by atoms with Crippen LogP contribution in [0.5, 0.6) is 0 Å². The third kappa shape index (κ3) is 2.70. The summed E-state index contributed by atoms with van der Waals surface area (Å²) >= 11 is 0. The zero-order valence-corrected chi connectivity index (χ0v) is 13.0. The highest BCUT2D eigenvalue weighted by atomic mass is 19.4. The molecular weight excluding hydrogens is 337 g/mol. The van der Waals surface area contributed by atoms with Crippen molar-refractivity contribution in [2.24, 2.45) is 0 Å². The van der Waals surface area contributed by atoms with Crippen molar-refractivity contribution in [3.05, 3.63) is 34.5 Å². The Bertz CT molecular complexity index is 869. The van der Waals surface area contributed by atoms with Gasteiger partial charge >= 0.3 is 6.18 Å². The fourth-order valence-electron chi connectivity index (χ4n) is 3.15. The molecule has 0 radical (unpaired) electrons. The number of nitriles is 1. The standard InChI is InChI=1S/C15H13F3N6O/c16-15(17,18)14-22-21-12-7-23(2-3-24(12)14)13-9(6-19)5-10-8-25-4-1-11(10)20-13/h5H,1-4,7-8H2. The molecule has 0 fully saturated rings. The second-order valence-corrected chi connectivity index (χ2v) is 5.89. The van der Waals surface area contributed by atoms with Crippen LogP contribution >= 0.6 is 0 Å². The molecule has 0 saturated carbocycles. The molecule has 0 aromatic carbocycles. The number of halogens is 3. The normalized spacial score (nSPS) is 17.0. The van der Waals surface area contributed by atoms with E-state index in [0.717, 1.165) is 15.8 Å². The quantitative estimate of drug-likeness (QED) is 0.778. The van der Waals surface area contributed by atoms with Gasteiger partial charge in [-0.1, -0.05) is 0 Å². The number of aromatic nitrogens is 4. The minimum atomic E-state index is -4.53. The molecule has 0 aliphatic carbocycles. The number of hydrogen-bond acceptors (Lipinski definition) is 6. The second kappa shape index (κ2) is 5.70. The number of pyridine rings is 1. The van der Waals surface area contributed by atoms with E-state index >= 15 is 0 Å². The summed E-state index contributed by atoms with van der Waals surface area (Å²) in [6.07, 6.45) is -3.88. The lowest BCUT2D eigenvalue weighted by Gasteiger charge is -2.30. The molecule has 0 amide bonds. The van der Waals surface area contributed by atoms with Crippen molar-refractivity contribution in [1.29, 1.82) is 5.26 Å². The first-order chi connectivity index (χ1) is 12.0. The molecule has 4 heterocycles. The predicted molar refractivity (Wildman–Crippen MR) is 78.4 cm³/mol. The Hall–Kier alpha value is -2.67. The van der Waals surface area contributed by atoms with Crippen molar-refractivity contribution in [2.45, 2.75) is 32.3 Å². The van der Waals surface area contributed by atoms with Crippen molar-refractivity contribution < 1.29 is 17.9 Å². The van der Waals surface area contributed by atoms with E-state index in [1.807, 2.05) is 0 Å². The van der Waals surface area contributed by atoms with Crippen molar-refractivity contribution in [2.75, 3.05) is 18.1 Å². The molecule has 2 aliphatic rings. The van der Waals surface area contributed by atoms with Gasteiger partial charge in [-0.3, -0.25) is 0 Å². The van der Waals surface area contributed by atoms with Crippen LogP contribution in [0.25, 0.3) is 0 Å². The average Bonchev–Trinajstić information content (AvgIpc) is 3.04. The first-order valence-electron chi connectivity index (χ1n) is 7.72. The first kappa shape index (κ1) is 15.8. The first-order valence-corrected chi connectivity index (χ1v) is 7.72. The molecule has 0 saturated heterocycles. The number of rotatable bonds is 1. The van der Waals surface area contributed by atoms with E-state index in [9.17, 15) is 18.4 Å². The zero-order chi connectivity index (χ0) is 17.6. The van der Waals surface area contributed by atoms with Gasteiger partial charge in [0.25, 0.3) is 0 Å². The summed E-state index contributed by atoms with van der Waals surface area (Å²) in [6.45, 7) is 1.49. The van der Waals surface area contributed by atoms with Crippen LogP contribution in [0.2, 0.25) is 0 Å². The molecule has 0 bridgehead atoms. The van der Waals surface area contributed by atoms with Gasteiger partial charge in [-0.2, -0.15) is 18.4 Å². The van der Waals surface area contributed by atoms with Gasteiger partial charge in [0.2, 0.25) is 5.82 Å². The molecule has 4 rings (SSSR count). The fourth-order valence-corrected chi connectivity index (χ4v) is 3.15. The van der Waals surface area contributed by atoms with Gasteiger partial charge in [0, 0.05) is 25.1 Å². The highest BCUT2D eigenvalue weighted by Gasteiger charge is 2.39. The van der Waals surface area contributed by atoms with Crippen molar-refractivity contribution in [1.82, 2.24) is 19.7 Å². The molecule has 0 spiro atoms. The van der Waals surface area contributed by atoms with Crippen LogP contribution in [0.15, 0.2) is 6.07 Å². The van der Waals surface area contributed by atoms with Crippen LogP contribution in [0.4, 0.5) is 19.0 Å². The van der Waals surface area contributed by atoms with Crippen molar-refractivity contribution in [3.8, 4) is 6.07 Å². The molecule has 25 heavy (non-hydrogen) atoms. The molecule has 2 aliphatic heterocycles. The van der Waals surface area contributed by atoms with Crippen LogP contribution in [0.3, 0.4) is 0 Å². The molecule has 0 N–H and O–H groups in total. The third-order valence-corrected chi connectivity index (χ3v) is 4.34. The Labute approximate surface area is 140 Å². The average molecular weight is 350 g/mol. The molecule has 2 aromatic heterocycles. The van der Waals surface area contributed by atoms with Gasteiger partial charge in [0.05, 0.1) is 31.0 Å². The number of nitrogens with zero attached hydrogens (tertiary/aromatic N) is 6. The maximum absolute atomic E-state index is 12.9. The summed E-state index contributed by atoms with van der Waals surface area (Å²) in [5, 5.41) is 16.3. The molecular formula is C15H13F3N6O. The Kier molecular flexibility index (Phi) is 3.61. The number of ether oxygens (including phenoxy) is 1. The summed E-state index contributed by atoms with van der Waals surface area (Å²) in [7, 11) is 0. The van der Waals surface area contributed by atoms with E-state index in [2.05, 4.69) is 21.3 Å². The molecule has 7 nitrogen and oxygen atoms in total. The van der Waals surface area contributed by atoms with Crippen LogP contribution in [0, 0.1) is 11.3 Å². The number of alkyl halides is 3. The minimum Gasteiger partial charge on any atom is -0.376 e. The summed E-state index contributed by atoms with van der Waals surface area (Å²) < 4.78 is 45.2. The summed E-state index contributed by atoms with van der Waals surface area (Å²) in [5.41, 5.74) is 2.13. The number of fused-ring (bicyclic) bond motifs is 2. The van der Waals surface area contributed by atoms with Crippen LogP contribution < -0.4 is 4.90 Å². The lowest BCUT2D eigenvalue weighted by Crippen LogP contribution is -2.36. The Morgan fingerprint density at radius 3 is 2.84 bits per heavy atom. The predicted octanol–water partition coefficient (Wildman–Crippen LogP) is 1.66. The van der Waals surface area contributed by atoms with Crippen molar-refractivity contribution >= 4 is 5.82 Å². The molecule has 0 unspecified atom stereocenters. The summed E-state index contributed by atoms with van der Waals surface area (Å²) in [5.74, 6) is -0.297. The zero-order valence-electron chi connectivity index (χ0n) is 13.0. The highest BCUT2D eigenvalue weighted by molar-refractivity contribution is 5.56. The van der Waals surface area contributed by atoms with E-state index in [1.54, 1.807) is 11.0 Å². The van der Waals surface area contributed by atoms with E-state index in [4.69, 9.17) is 4.74 Å². The van der Waals surface area contributed by atoms with Gasteiger partial charge in [0.15, 0.2) is 5.82 Å². The fraction of sp³-hybridized carbons (Fsp3) is 0.467. The maximum Gasteiger partial charge on any atom is 0.451 e.